The molecule has 0 spiro atoms. The first-order chi connectivity index (χ1) is 15.4. The third-order valence-electron chi connectivity index (χ3n) is 5.19. The van der Waals surface area contributed by atoms with E-state index in [1.165, 1.54) is 6.21 Å². The van der Waals surface area contributed by atoms with Gasteiger partial charge in [0.05, 0.1) is 11.0 Å². The normalized spacial score (nSPS) is 17.5. The average Bonchev–Trinajstić information content (AvgIpc) is 3.19. The van der Waals surface area contributed by atoms with E-state index in [2.05, 4.69) is 25.9 Å². The van der Waals surface area contributed by atoms with Crippen LogP contribution in [-0.2, 0) is 4.79 Å². The Kier molecular flexibility index (Phi) is 7.43. The molecule has 0 saturated carbocycles. The van der Waals surface area contributed by atoms with E-state index in [1.54, 1.807) is 24.7 Å². The second-order valence-electron chi connectivity index (χ2n) is 7.96. The Labute approximate surface area is 187 Å². The highest BCUT2D eigenvalue weighted by Gasteiger charge is 2.19. The quantitative estimate of drug-likeness (QED) is 0.261. The minimum absolute atomic E-state index is 0.0808. The van der Waals surface area contributed by atoms with Gasteiger partial charge in [0.1, 0.15) is 11.6 Å². The van der Waals surface area contributed by atoms with Gasteiger partial charge in [-0.2, -0.15) is 0 Å². The summed E-state index contributed by atoms with van der Waals surface area (Å²) in [6.07, 6.45) is 9.44. The average molecular weight is 435 g/mol. The highest BCUT2D eigenvalue weighted by molar-refractivity contribution is 6.08. The SMILES string of the molecule is CC(C)C(=C/N)/C=C(\N)Nc1ccc2ncc(/C(C=N)=C/NCC3CCC(=O)N3)cc2n1. The first-order valence-corrected chi connectivity index (χ1v) is 10.6. The Hall–Kier alpha value is -3.88. The number of aromatic nitrogens is 2. The van der Waals surface area contributed by atoms with E-state index in [4.69, 9.17) is 16.9 Å². The number of fused-ring (bicyclic) bond motifs is 1. The number of anilines is 1. The fourth-order valence-corrected chi connectivity index (χ4v) is 3.35. The van der Waals surface area contributed by atoms with Crippen molar-refractivity contribution in [3.05, 3.63) is 59.8 Å². The van der Waals surface area contributed by atoms with Gasteiger partial charge in [-0.15, -0.1) is 0 Å². The smallest absolute Gasteiger partial charge is 0.220 e. The van der Waals surface area contributed by atoms with Crippen molar-refractivity contribution in [2.45, 2.75) is 32.7 Å². The number of carbonyl (C=O) groups is 1. The van der Waals surface area contributed by atoms with Crippen LogP contribution in [0.1, 0.15) is 32.3 Å². The molecule has 9 heteroatoms. The molecule has 0 aromatic carbocycles. The van der Waals surface area contributed by atoms with Crippen molar-refractivity contribution in [1.29, 1.82) is 5.41 Å². The molecule has 3 heterocycles. The molecule has 3 rings (SSSR count). The van der Waals surface area contributed by atoms with Gasteiger partial charge < -0.3 is 32.8 Å². The molecular formula is C23H30N8O. The molecule has 8 N–H and O–H groups in total. The molecule has 1 aliphatic rings. The summed E-state index contributed by atoms with van der Waals surface area (Å²) in [6.45, 7) is 4.69. The zero-order chi connectivity index (χ0) is 23.1. The van der Waals surface area contributed by atoms with E-state index in [0.29, 0.717) is 35.7 Å². The van der Waals surface area contributed by atoms with E-state index >= 15 is 0 Å². The van der Waals surface area contributed by atoms with Gasteiger partial charge in [0, 0.05) is 48.8 Å². The van der Waals surface area contributed by atoms with Crippen LogP contribution in [0.25, 0.3) is 16.6 Å². The van der Waals surface area contributed by atoms with Crippen molar-refractivity contribution in [1.82, 2.24) is 20.6 Å². The van der Waals surface area contributed by atoms with Gasteiger partial charge in [0.15, 0.2) is 0 Å². The fourth-order valence-electron chi connectivity index (χ4n) is 3.35. The molecule has 1 aliphatic heterocycles. The Morgan fingerprint density at radius 2 is 2.19 bits per heavy atom. The minimum Gasteiger partial charge on any atom is -0.404 e. The van der Waals surface area contributed by atoms with Gasteiger partial charge >= 0.3 is 0 Å². The lowest BCUT2D eigenvalue weighted by Gasteiger charge is -2.11. The molecule has 1 saturated heterocycles. The molecule has 0 aliphatic carbocycles. The summed E-state index contributed by atoms with van der Waals surface area (Å²) in [5.41, 5.74) is 15.5. The fraction of sp³-hybridized carbons (Fsp3) is 0.304. The Bertz CT molecular complexity index is 1090. The number of pyridine rings is 2. The number of carbonyl (C=O) groups excluding carboxylic acids is 1. The highest BCUT2D eigenvalue weighted by Crippen LogP contribution is 2.19. The summed E-state index contributed by atoms with van der Waals surface area (Å²) in [5.74, 6) is 1.36. The Morgan fingerprint density at radius 1 is 1.38 bits per heavy atom. The molecule has 0 radical (unpaired) electrons. The summed E-state index contributed by atoms with van der Waals surface area (Å²) in [6, 6.07) is 5.66. The van der Waals surface area contributed by atoms with Gasteiger partial charge in [-0.05, 0) is 48.4 Å². The molecule has 168 valence electrons. The van der Waals surface area contributed by atoms with Crippen molar-refractivity contribution in [2.24, 2.45) is 17.4 Å². The third kappa shape index (κ3) is 5.84. The standard InChI is InChI=1S/C23H30N8O/c1-14(2)15(9-24)8-21(26)31-22-5-4-19-20(30-22)7-16(12-28-19)17(10-25)11-27-13-18-3-6-23(32)29-18/h4-5,7-12,14,18,25,27H,3,6,13,24,26H2,1-2H3,(H,29,32)(H,30,31)/b15-9+,17-11+,21-8+,25-10?. The van der Waals surface area contributed by atoms with Crippen LogP contribution in [-0.4, -0.2) is 34.7 Å². The van der Waals surface area contributed by atoms with Gasteiger partial charge in [0.2, 0.25) is 5.91 Å². The lowest BCUT2D eigenvalue weighted by atomic mass is 10.0. The molecule has 0 bridgehead atoms. The van der Waals surface area contributed by atoms with Crippen molar-refractivity contribution in [2.75, 3.05) is 11.9 Å². The van der Waals surface area contributed by atoms with Crippen LogP contribution in [0.15, 0.2) is 54.3 Å². The monoisotopic (exact) mass is 434 g/mol. The van der Waals surface area contributed by atoms with Crippen LogP contribution in [0, 0.1) is 11.3 Å². The van der Waals surface area contributed by atoms with Crippen molar-refractivity contribution in [3.63, 3.8) is 0 Å². The van der Waals surface area contributed by atoms with Crippen molar-refractivity contribution in [3.8, 4) is 0 Å². The zero-order valence-corrected chi connectivity index (χ0v) is 18.4. The Balaban J connectivity index is 1.76. The van der Waals surface area contributed by atoms with E-state index in [9.17, 15) is 4.79 Å². The maximum atomic E-state index is 11.3. The molecule has 9 nitrogen and oxygen atoms in total. The van der Waals surface area contributed by atoms with E-state index in [0.717, 1.165) is 23.1 Å². The molecular weight excluding hydrogens is 404 g/mol. The van der Waals surface area contributed by atoms with Crippen LogP contribution in [0.2, 0.25) is 0 Å². The number of rotatable bonds is 9. The first-order valence-electron chi connectivity index (χ1n) is 10.6. The lowest BCUT2D eigenvalue weighted by Crippen LogP contribution is -2.33. The van der Waals surface area contributed by atoms with Gasteiger partial charge in [-0.25, -0.2) is 4.98 Å². The minimum atomic E-state index is 0.0808. The third-order valence-corrected chi connectivity index (χ3v) is 5.19. The van der Waals surface area contributed by atoms with Crippen molar-refractivity contribution < 1.29 is 4.79 Å². The summed E-state index contributed by atoms with van der Waals surface area (Å²) >= 11 is 0. The zero-order valence-electron chi connectivity index (χ0n) is 18.4. The molecule has 2 aromatic heterocycles. The maximum Gasteiger partial charge on any atom is 0.220 e. The number of nitrogens with two attached hydrogens (primary N) is 2. The summed E-state index contributed by atoms with van der Waals surface area (Å²) in [4.78, 5) is 20.4. The van der Waals surface area contributed by atoms with Gasteiger partial charge in [0.25, 0.3) is 0 Å². The predicted octanol–water partition coefficient (Wildman–Crippen LogP) is 2.20. The van der Waals surface area contributed by atoms with Crippen LogP contribution < -0.4 is 27.4 Å². The predicted molar refractivity (Wildman–Crippen MR) is 128 cm³/mol. The second kappa shape index (κ2) is 10.4. The number of nitrogens with zero attached hydrogens (tertiary/aromatic N) is 2. The first kappa shape index (κ1) is 22.8. The number of amides is 1. The van der Waals surface area contributed by atoms with E-state index in [1.807, 2.05) is 32.0 Å². The molecule has 1 unspecified atom stereocenters. The maximum absolute atomic E-state index is 11.3. The number of nitrogens with one attached hydrogen (secondary N) is 4. The van der Waals surface area contributed by atoms with Crippen LogP contribution in [0.3, 0.4) is 0 Å². The largest absolute Gasteiger partial charge is 0.404 e. The number of hydrogen-bond donors (Lipinski definition) is 6. The van der Waals surface area contributed by atoms with Crippen LogP contribution in [0.4, 0.5) is 5.82 Å². The van der Waals surface area contributed by atoms with Gasteiger partial charge in [-0.3, -0.25) is 9.78 Å². The van der Waals surface area contributed by atoms with Crippen LogP contribution >= 0.6 is 0 Å². The molecule has 1 fully saturated rings. The van der Waals surface area contributed by atoms with Gasteiger partial charge in [-0.1, -0.05) is 13.8 Å². The topological polar surface area (TPSA) is 155 Å². The molecule has 32 heavy (non-hydrogen) atoms. The molecule has 2 aromatic rings. The highest BCUT2D eigenvalue weighted by atomic mass is 16.1. The lowest BCUT2D eigenvalue weighted by molar-refractivity contribution is -0.119. The van der Waals surface area contributed by atoms with Crippen molar-refractivity contribution >= 4 is 34.5 Å². The van der Waals surface area contributed by atoms with E-state index in [-0.39, 0.29) is 17.9 Å². The summed E-state index contributed by atoms with van der Waals surface area (Å²) in [5, 5.41) is 17.0. The van der Waals surface area contributed by atoms with Crippen LogP contribution in [0.5, 0.6) is 0 Å². The number of hydrogen-bond acceptors (Lipinski definition) is 8. The summed E-state index contributed by atoms with van der Waals surface area (Å²) in [7, 11) is 0. The summed E-state index contributed by atoms with van der Waals surface area (Å²) < 4.78 is 0. The van der Waals surface area contributed by atoms with E-state index < -0.39 is 0 Å². The second-order valence-corrected chi connectivity index (χ2v) is 7.96. The Morgan fingerprint density at radius 3 is 2.84 bits per heavy atom. The molecule has 1 atom stereocenters. The molecule has 1 amide bonds. The number of allylic oxidation sites excluding steroid dienone is 3.